The van der Waals surface area contributed by atoms with Crippen molar-refractivity contribution in [2.75, 3.05) is 9.80 Å². The van der Waals surface area contributed by atoms with Crippen molar-refractivity contribution in [3.63, 3.8) is 0 Å². The quantitative estimate of drug-likeness (QED) is 0.100. The minimum absolute atomic E-state index is 0.950. The number of nitrogens with zero attached hydrogens (tertiary/aromatic N) is 2. The monoisotopic (exact) mass is 886 g/mol. The SMILES string of the molecule is C/C=C(\C=C/CC)N(c1ccc(-c2ccccc2)cc1)c1ccc(-c2cccc(-c3ccc(N(c4ccccc4)c4ccc(-c5ccccc5)cc4)cc3-c3ccccc3)c2)c(-c2ccccc2)c1. The summed E-state index contributed by atoms with van der Waals surface area (Å²) in [5.74, 6) is 0. The Labute approximate surface area is 408 Å². The molecular weight excluding hydrogens is 833 g/mol. The maximum Gasteiger partial charge on any atom is 0.0468 e. The van der Waals surface area contributed by atoms with Crippen LogP contribution >= 0.6 is 0 Å². The zero-order valence-corrected chi connectivity index (χ0v) is 39.2. The molecule has 0 radical (unpaired) electrons. The molecule has 0 saturated carbocycles. The molecule has 0 fully saturated rings. The van der Waals surface area contributed by atoms with Crippen LogP contribution in [0, 0.1) is 0 Å². The van der Waals surface area contributed by atoms with Crippen molar-refractivity contribution in [1.82, 2.24) is 0 Å². The van der Waals surface area contributed by atoms with Crippen LogP contribution in [0.15, 0.2) is 285 Å². The van der Waals surface area contributed by atoms with Crippen LogP contribution in [0.3, 0.4) is 0 Å². The Bertz CT molecular complexity index is 3320. The van der Waals surface area contributed by atoms with Gasteiger partial charge in [-0.1, -0.05) is 213 Å². The second-order valence-electron chi connectivity index (χ2n) is 17.1. The van der Waals surface area contributed by atoms with Crippen molar-refractivity contribution < 1.29 is 0 Å². The summed E-state index contributed by atoms with van der Waals surface area (Å²) in [5, 5.41) is 0. The lowest BCUT2D eigenvalue weighted by Crippen LogP contribution is -2.15. The normalized spacial score (nSPS) is 11.4. The number of anilines is 5. The summed E-state index contributed by atoms with van der Waals surface area (Å²) in [6.07, 6.45) is 7.62. The molecule has 10 rings (SSSR count). The van der Waals surface area contributed by atoms with Crippen LogP contribution in [0.4, 0.5) is 28.4 Å². The lowest BCUT2D eigenvalue weighted by atomic mass is 9.89. The van der Waals surface area contributed by atoms with Crippen LogP contribution in [0.2, 0.25) is 0 Å². The fourth-order valence-corrected chi connectivity index (χ4v) is 9.29. The summed E-state index contributed by atoms with van der Waals surface area (Å²) in [6.45, 7) is 4.30. The predicted molar refractivity (Wildman–Crippen MR) is 296 cm³/mol. The van der Waals surface area contributed by atoms with Crippen molar-refractivity contribution in [2.45, 2.75) is 20.3 Å². The van der Waals surface area contributed by atoms with Gasteiger partial charge in [-0.05, 0) is 153 Å². The molecule has 69 heavy (non-hydrogen) atoms. The van der Waals surface area contributed by atoms with E-state index in [0.29, 0.717) is 0 Å². The van der Waals surface area contributed by atoms with Crippen LogP contribution in [0.5, 0.6) is 0 Å². The summed E-state index contributed by atoms with van der Waals surface area (Å²) in [6, 6.07) is 94.2. The van der Waals surface area contributed by atoms with E-state index in [9.17, 15) is 0 Å². The molecule has 0 bridgehead atoms. The van der Waals surface area contributed by atoms with Gasteiger partial charge in [0, 0.05) is 34.1 Å². The van der Waals surface area contributed by atoms with E-state index in [1.165, 1.54) is 44.5 Å². The largest absolute Gasteiger partial charge is 0.311 e. The van der Waals surface area contributed by atoms with Crippen LogP contribution < -0.4 is 9.80 Å². The third kappa shape index (κ3) is 9.74. The fourth-order valence-electron chi connectivity index (χ4n) is 9.29. The number of hydrogen-bond acceptors (Lipinski definition) is 2. The Morgan fingerprint density at radius 3 is 1.17 bits per heavy atom. The van der Waals surface area contributed by atoms with E-state index in [4.69, 9.17) is 0 Å². The molecule has 0 N–H and O–H groups in total. The standard InChI is InChI=1S/C67H54N2/c1-3-5-32-58(4-2)68(60-39-35-52(36-40-60)50-22-11-6-12-23-50)62-43-45-64(66(48-62)54-26-15-8-16-27-54)56-30-21-31-57(47-56)65-46-44-63(49-67(65)55-28-17-9-18-29-55)69(59-33-19-10-20-34-59)61-41-37-53(38-42-61)51-24-13-7-14-25-51/h4-49H,3H2,1-2H3/b32-5-,58-4+. The lowest BCUT2D eigenvalue weighted by molar-refractivity contribution is 1.17. The van der Waals surface area contributed by atoms with Crippen molar-refractivity contribution in [3.05, 3.63) is 285 Å². The summed E-state index contributed by atoms with van der Waals surface area (Å²) >= 11 is 0. The number of hydrogen-bond donors (Lipinski definition) is 0. The second kappa shape index (κ2) is 20.8. The Kier molecular flexibility index (Phi) is 13.3. The first-order valence-electron chi connectivity index (χ1n) is 23.9. The van der Waals surface area contributed by atoms with Crippen LogP contribution in [-0.4, -0.2) is 0 Å². The molecule has 0 aliphatic heterocycles. The van der Waals surface area contributed by atoms with E-state index in [0.717, 1.165) is 62.8 Å². The third-order valence-electron chi connectivity index (χ3n) is 12.7. The maximum absolute atomic E-state index is 2.37. The Hall–Kier alpha value is -8.72. The zero-order chi connectivity index (χ0) is 46.8. The molecule has 2 nitrogen and oxygen atoms in total. The third-order valence-corrected chi connectivity index (χ3v) is 12.7. The Morgan fingerprint density at radius 1 is 0.319 bits per heavy atom. The van der Waals surface area contributed by atoms with Gasteiger partial charge in [-0.25, -0.2) is 0 Å². The molecule has 10 aromatic rings. The van der Waals surface area contributed by atoms with E-state index in [1.807, 2.05) is 0 Å². The number of para-hydroxylation sites is 1. The van der Waals surface area contributed by atoms with Gasteiger partial charge in [-0.2, -0.15) is 0 Å². The van der Waals surface area contributed by atoms with Gasteiger partial charge in [-0.3, -0.25) is 0 Å². The molecular formula is C67H54N2. The molecule has 332 valence electrons. The maximum atomic E-state index is 2.37. The van der Waals surface area contributed by atoms with E-state index in [1.54, 1.807) is 0 Å². The average molecular weight is 887 g/mol. The van der Waals surface area contributed by atoms with Crippen molar-refractivity contribution in [3.8, 4) is 66.8 Å². The average Bonchev–Trinajstić information content (AvgIpc) is 3.43. The van der Waals surface area contributed by atoms with Gasteiger partial charge in [0.1, 0.15) is 0 Å². The summed E-state index contributed by atoms with van der Waals surface area (Å²) in [5.41, 5.74) is 20.7. The Morgan fingerprint density at radius 2 is 0.696 bits per heavy atom. The second-order valence-corrected chi connectivity index (χ2v) is 17.1. The molecule has 0 aliphatic rings. The van der Waals surface area contributed by atoms with E-state index < -0.39 is 0 Å². The van der Waals surface area contributed by atoms with Gasteiger partial charge < -0.3 is 9.80 Å². The molecule has 0 amide bonds. The van der Waals surface area contributed by atoms with Gasteiger partial charge >= 0.3 is 0 Å². The molecule has 0 aromatic heterocycles. The highest BCUT2D eigenvalue weighted by molar-refractivity contribution is 5.93. The number of allylic oxidation sites excluding steroid dienone is 3. The van der Waals surface area contributed by atoms with Gasteiger partial charge in [-0.15, -0.1) is 0 Å². The van der Waals surface area contributed by atoms with Gasteiger partial charge in [0.25, 0.3) is 0 Å². The van der Waals surface area contributed by atoms with Crippen LogP contribution in [-0.2, 0) is 0 Å². The van der Waals surface area contributed by atoms with Crippen LogP contribution in [0.1, 0.15) is 20.3 Å². The molecule has 0 heterocycles. The minimum Gasteiger partial charge on any atom is -0.311 e. The molecule has 0 spiro atoms. The zero-order valence-electron chi connectivity index (χ0n) is 39.2. The topological polar surface area (TPSA) is 6.48 Å². The number of rotatable bonds is 14. The molecule has 0 saturated heterocycles. The molecule has 0 atom stereocenters. The first kappa shape index (κ1) is 44.1. The first-order chi connectivity index (χ1) is 34.1. The Balaban J connectivity index is 1.07. The summed E-state index contributed by atoms with van der Waals surface area (Å²) in [4.78, 5) is 4.73. The predicted octanol–water partition coefficient (Wildman–Crippen LogP) is 19.2. The highest BCUT2D eigenvalue weighted by Crippen LogP contribution is 2.44. The van der Waals surface area contributed by atoms with E-state index in [-0.39, 0.29) is 0 Å². The molecule has 0 unspecified atom stereocenters. The summed E-state index contributed by atoms with van der Waals surface area (Å²) < 4.78 is 0. The van der Waals surface area contributed by atoms with Crippen LogP contribution in [0.25, 0.3) is 66.8 Å². The van der Waals surface area contributed by atoms with Gasteiger partial charge in [0.05, 0.1) is 0 Å². The van der Waals surface area contributed by atoms with Gasteiger partial charge in [0.15, 0.2) is 0 Å². The minimum atomic E-state index is 0.950. The van der Waals surface area contributed by atoms with E-state index in [2.05, 4.69) is 303 Å². The first-order valence-corrected chi connectivity index (χ1v) is 23.9. The highest BCUT2D eigenvalue weighted by Gasteiger charge is 2.20. The smallest absolute Gasteiger partial charge is 0.0468 e. The molecule has 2 heteroatoms. The molecule has 0 aliphatic carbocycles. The van der Waals surface area contributed by atoms with Crippen molar-refractivity contribution >= 4 is 28.4 Å². The number of benzene rings is 10. The highest BCUT2D eigenvalue weighted by atomic mass is 15.1. The van der Waals surface area contributed by atoms with Gasteiger partial charge in [0.2, 0.25) is 0 Å². The lowest BCUT2D eigenvalue weighted by Gasteiger charge is -2.28. The molecule has 10 aromatic carbocycles. The fraction of sp³-hybridized carbons (Fsp3) is 0.0448. The van der Waals surface area contributed by atoms with E-state index >= 15 is 0 Å². The summed E-state index contributed by atoms with van der Waals surface area (Å²) in [7, 11) is 0. The van der Waals surface area contributed by atoms with Crippen molar-refractivity contribution in [2.24, 2.45) is 0 Å². The van der Waals surface area contributed by atoms with Crippen molar-refractivity contribution in [1.29, 1.82) is 0 Å².